The monoisotopic (exact) mass is 303 g/mol. The zero-order valence-electron chi connectivity index (χ0n) is 11.6. The van der Waals surface area contributed by atoms with Gasteiger partial charge in [-0.2, -0.15) is 0 Å². The third-order valence-electron chi connectivity index (χ3n) is 2.61. The summed E-state index contributed by atoms with van der Waals surface area (Å²) >= 11 is 5.53. The minimum absolute atomic E-state index is 0.100. The lowest BCUT2D eigenvalue weighted by atomic mass is 10.1. The number of carbonyl (C=O) groups is 1. The van der Waals surface area contributed by atoms with Gasteiger partial charge in [-0.25, -0.2) is 4.79 Å². The molecule has 0 spiro atoms. The maximum absolute atomic E-state index is 11.6. The Morgan fingerprint density at radius 1 is 1.35 bits per heavy atom. The summed E-state index contributed by atoms with van der Waals surface area (Å²) in [6.07, 6.45) is -0.714. The van der Waals surface area contributed by atoms with Gasteiger partial charge in [0, 0.05) is 6.54 Å². The van der Waals surface area contributed by atoms with Crippen molar-refractivity contribution in [2.45, 2.75) is 6.10 Å². The number of halogens is 1. The average Bonchev–Trinajstić information content (AvgIpc) is 2.50. The Labute approximate surface area is 122 Å². The summed E-state index contributed by atoms with van der Waals surface area (Å²) < 4.78 is 15.1. The standard InChI is InChI=1S/C13H18ClNO5/c1-18-11-5-8(13(17)20-3)4-10(12(11)19-2)15-7-9(16)6-14/h4-5,9,15-16H,6-7H2,1-3H3. The number of alkyl halides is 1. The molecule has 0 radical (unpaired) electrons. The Balaban J connectivity index is 3.13. The van der Waals surface area contributed by atoms with Crippen LogP contribution in [-0.2, 0) is 4.74 Å². The van der Waals surface area contributed by atoms with Crippen molar-refractivity contribution in [1.82, 2.24) is 0 Å². The fourth-order valence-electron chi connectivity index (χ4n) is 1.61. The molecule has 7 heteroatoms. The number of hydrogen-bond donors (Lipinski definition) is 2. The summed E-state index contributed by atoms with van der Waals surface area (Å²) in [6.45, 7) is 0.216. The van der Waals surface area contributed by atoms with Crippen molar-refractivity contribution >= 4 is 23.3 Å². The van der Waals surface area contributed by atoms with Gasteiger partial charge in [0.25, 0.3) is 0 Å². The smallest absolute Gasteiger partial charge is 0.338 e. The normalized spacial score (nSPS) is 11.7. The van der Waals surface area contributed by atoms with Gasteiger partial charge in [-0.05, 0) is 12.1 Å². The number of nitrogens with one attached hydrogen (secondary N) is 1. The molecule has 1 rings (SSSR count). The second kappa shape index (κ2) is 7.81. The van der Waals surface area contributed by atoms with Gasteiger partial charge in [0.15, 0.2) is 11.5 Å². The molecule has 0 bridgehead atoms. The fourth-order valence-corrected chi connectivity index (χ4v) is 1.72. The van der Waals surface area contributed by atoms with E-state index < -0.39 is 12.1 Å². The number of hydrogen-bond acceptors (Lipinski definition) is 6. The third-order valence-corrected chi connectivity index (χ3v) is 2.96. The van der Waals surface area contributed by atoms with Crippen molar-refractivity contribution in [3.05, 3.63) is 17.7 Å². The summed E-state index contributed by atoms with van der Waals surface area (Å²) in [5, 5.41) is 12.4. The zero-order valence-corrected chi connectivity index (χ0v) is 12.4. The molecular weight excluding hydrogens is 286 g/mol. The van der Waals surface area contributed by atoms with Gasteiger partial charge in [0.2, 0.25) is 0 Å². The lowest BCUT2D eigenvalue weighted by molar-refractivity contribution is 0.0600. The number of aliphatic hydroxyl groups excluding tert-OH is 1. The van der Waals surface area contributed by atoms with Gasteiger partial charge in [0.1, 0.15) is 0 Å². The summed E-state index contributed by atoms with van der Waals surface area (Å²) in [5.41, 5.74) is 0.824. The van der Waals surface area contributed by atoms with E-state index in [-0.39, 0.29) is 12.4 Å². The highest BCUT2D eigenvalue weighted by molar-refractivity contribution is 6.18. The van der Waals surface area contributed by atoms with Crippen molar-refractivity contribution in [3.8, 4) is 11.5 Å². The van der Waals surface area contributed by atoms with E-state index >= 15 is 0 Å². The number of methoxy groups -OCH3 is 3. The molecule has 1 aromatic carbocycles. The first-order valence-corrected chi connectivity index (χ1v) is 6.43. The molecule has 112 valence electrons. The molecule has 0 amide bonds. The van der Waals surface area contributed by atoms with Crippen LogP contribution in [0, 0.1) is 0 Å². The predicted molar refractivity (Wildman–Crippen MR) is 76.1 cm³/mol. The van der Waals surface area contributed by atoms with Gasteiger partial charge in [0.05, 0.1) is 44.6 Å². The van der Waals surface area contributed by atoms with Gasteiger partial charge in [-0.15, -0.1) is 11.6 Å². The Kier molecular flexibility index (Phi) is 6.41. The van der Waals surface area contributed by atoms with Crippen LogP contribution in [0.4, 0.5) is 5.69 Å². The molecule has 0 aliphatic heterocycles. The minimum atomic E-state index is -0.714. The van der Waals surface area contributed by atoms with Crippen LogP contribution in [0.3, 0.4) is 0 Å². The van der Waals surface area contributed by atoms with Gasteiger partial charge in [-0.1, -0.05) is 0 Å². The van der Waals surface area contributed by atoms with Crippen LogP contribution in [-0.4, -0.2) is 50.9 Å². The number of rotatable bonds is 7. The van der Waals surface area contributed by atoms with E-state index in [1.54, 1.807) is 6.07 Å². The van der Waals surface area contributed by atoms with Crippen LogP contribution < -0.4 is 14.8 Å². The lowest BCUT2D eigenvalue weighted by Gasteiger charge is -2.17. The number of benzene rings is 1. The Bertz CT molecular complexity index is 466. The third kappa shape index (κ3) is 3.91. The van der Waals surface area contributed by atoms with E-state index in [2.05, 4.69) is 10.1 Å². The molecule has 0 fully saturated rings. The highest BCUT2D eigenvalue weighted by Crippen LogP contribution is 2.36. The van der Waals surface area contributed by atoms with Crippen LogP contribution in [0.1, 0.15) is 10.4 Å². The topological polar surface area (TPSA) is 77.0 Å². The molecule has 1 unspecified atom stereocenters. The molecular formula is C13H18ClNO5. The number of aliphatic hydroxyl groups is 1. The molecule has 0 saturated heterocycles. The van der Waals surface area contributed by atoms with Crippen molar-refractivity contribution in [2.24, 2.45) is 0 Å². The Morgan fingerprint density at radius 2 is 2.05 bits per heavy atom. The quantitative estimate of drug-likeness (QED) is 0.587. The van der Waals surface area contributed by atoms with Crippen LogP contribution in [0.25, 0.3) is 0 Å². The Hall–Kier alpha value is -1.66. The first kappa shape index (κ1) is 16.4. The highest BCUT2D eigenvalue weighted by atomic mass is 35.5. The highest BCUT2D eigenvalue weighted by Gasteiger charge is 2.17. The van der Waals surface area contributed by atoms with E-state index in [0.29, 0.717) is 22.7 Å². The Morgan fingerprint density at radius 3 is 2.55 bits per heavy atom. The molecule has 0 aliphatic carbocycles. The average molecular weight is 304 g/mol. The minimum Gasteiger partial charge on any atom is -0.493 e. The van der Waals surface area contributed by atoms with Gasteiger partial charge < -0.3 is 24.6 Å². The van der Waals surface area contributed by atoms with Crippen LogP contribution >= 0.6 is 11.6 Å². The molecule has 6 nitrogen and oxygen atoms in total. The van der Waals surface area contributed by atoms with Crippen LogP contribution in [0.2, 0.25) is 0 Å². The number of anilines is 1. The van der Waals surface area contributed by atoms with Crippen molar-refractivity contribution < 1.29 is 24.1 Å². The van der Waals surface area contributed by atoms with E-state index in [1.807, 2.05) is 0 Å². The molecule has 0 saturated carbocycles. The first-order valence-electron chi connectivity index (χ1n) is 5.89. The number of ether oxygens (including phenoxy) is 3. The van der Waals surface area contributed by atoms with Crippen LogP contribution in [0.15, 0.2) is 12.1 Å². The van der Waals surface area contributed by atoms with Crippen molar-refractivity contribution in [1.29, 1.82) is 0 Å². The summed E-state index contributed by atoms with van der Waals surface area (Å²) in [5.74, 6) is 0.426. The van der Waals surface area contributed by atoms with E-state index in [4.69, 9.17) is 21.1 Å². The largest absolute Gasteiger partial charge is 0.493 e. The zero-order chi connectivity index (χ0) is 15.1. The van der Waals surface area contributed by atoms with Gasteiger partial charge >= 0.3 is 5.97 Å². The molecule has 2 N–H and O–H groups in total. The first-order chi connectivity index (χ1) is 9.57. The van der Waals surface area contributed by atoms with Crippen LogP contribution in [0.5, 0.6) is 11.5 Å². The fraction of sp³-hybridized carbons (Fsp3) is 0.462. The second-order valence-electron chi connectivity index (χ2n) is 3.94. The molecule has 0 aromatic heterocycles. The van der Waals surface area contributed by atoms with Crippen molar-refractivity contribution in [2.75, 3.05) is 39.1 Å². The summed E-state index contributed by atoms with van der Waals surface area (Å²) in [6, 6.07) is 3.09. The lowest BCUT2D eigenvalue weighted by Crippen LogP contribution is -2.21. The molecule has 0 aliphatic rings. The van der Waals surface area contributed by atoms with E-state index in [9.17, 15) is 9.90 Å². The van der Waals surface area contributed by atoms with E-state index in [0.717, 1.165) is 0 Å². The molecule has 20 heavy (non-hydrogen) atoms. The number of carbonyl (C=O) groups excluding carboxylic acids is 1. The summed E-state index contributed by atoms with van der Waals surface area (Å²) in [4.78, 5) is 11.6. The predicted octanol–water partition coefficient (Wildman–Crippen LogP) is 1.50. The molecule has 0 heterocycles. The maximum atomic E-state index is 11.6. The molecule has 1 atom stereocenters. The number of esters is 1. The SMILES string of the molecule is COC(=O)c1cc(NCC(O)CCl)c(OC)c(OC)c1. The van der Waals surface area contributed by atoms with Crippen molar-refractivity contribution in [3.63, 3.8) is 0 Å². The summed E-state index contributed by atoms with van der Waals surface area (Å²) in [7, 11) is 4.25. The van der Waals surface area contributed by atoms with Gasteiger partial charge in [-0.3, -0.25) is 0 Å². The van der Waals surface area contributed by atoms with E-state index in [1.165, 1.54) is 27.4 Å². The maximum Gasteiger partial charge on any atom is 0.338 e. The molecule has 1 aromatic rings. The second-order valence-corrected chi connectivity index (χ2v) is 4.25.